The fourth-order valence-corrected chi connectivity index (χ4v) is 2.26. The fraction of sp³-hybridized carbons (Fsp3) is 0.143. The number of nitrogens with one attached hydrogen (secondary N) is 1. The third-order valence-electron chi connectivity index (χ3n) is 2.92. The van der Waals surface area contributed by atoms with Crippen LogP contribution in [0.3, 0.4) is 0 Å². The fourth-order valence-electron chi connectivity index (χ4n) is 1.90. The molecule has 7 heteroatoms. The number of oxime groups is 1. The zero-order chi connectivity index (χ0) is 15.4. The van der Waals surface area contributed by atoms with Gasteiger partial charge in [0.05, 0.1) is 17.5 Å². The molecule has 0 bridgehead atoms. The minimum Gasteiger partial charge on any atom is -0.469 e. The number of amidine groups is 1. The van der Waals surface area contributed by atoms with Crippen LogP contribution in [0, 0.1) is 0 Å². The zero-order valence-corrected chi connectivity index (χ0v) is 12.8. The molecule has 1 aromatic heterocycles. The molecule has 0 radical (unpaired) electrons. The van der Waals surface area contributed by atoms with Crippen molar-refractivity contribution < 1.29 is 14.4 Å². The monoisotopic (exact) mass is 351 g/mol. The number of furan rings is 1. The van der Waals surface area contributed by atoms with Gasteiger partial charge in [0, 0.05) is 16.5 Å². The number of benzene rings is 1. The van der Waals surface area contributed by atoms with E-state index < -0.39 is 0 Å². The lowest BCUT2D eigenvalue weighted by Gasteiger charge is -2.10. The smallest absolute Gasteiger partial charge is 0.259 e. The molecule has 0 aliphatic carbocycles. The Hall–Kier alpha value is -2.28. The second-order valence-corrected chi connectivity index (χ2v) is 5.16. The van der Waals surface area contributed by atoms with E-state index >= 15 is 0 Å². The van der Waals surface area contributed by atoms with Gasteiger partial charge >= 0.3 is 0 Å². The average Bonchev–Trinajstić information content (AvgIpc) is 2.95. The molecule has 0 atom stereocenters. The summed E-state index contributed by atoms with van der Waals surface area (Å²) in [6, 6.07) is 6.66. The van der Waals surface area contributed by atoms with Gasteiger partial charge in [-0.2, -0.15) is 0 Å². The number of nitrogens with zero attached hydrogens (tertiary/aromatic N) is 1. The van der Waals surface area contributed by atoms with E-state index in [0.29, 0.717) is 29.0 Å². The van der Waals surface area contributed by atoms with Crippen molar-refractivity contribution in [2.24, 2.45) is 10.9 Å². The van der Waals surface area contributed by atoms with Crippen molar-refractivity contribution in [3.63, 3.8) is 0 Å². The number of hydrogen-bond donors (Lipinski definition) is 3. The van der Waals surface area contributed by atoms with E-state index in [9.17, 15) is 4.79 Å². The Morgan fingerprint density at radius 1 is 1.43 bits per heavy atom. The van der Waals surface area contributed by atoms with Crippen molar-refractivity contribution in [3.8, 4) is 0 Å². The van der Waals surface area contributed by atoms with E-state index in [2.05, 4.69) is 26.4 Å². The molecule has 110 valence electrons. The van der Waals surface area contributed by atoms with Crippen LogP contribution in [0.25, 0.3) is 0 Å². The summed E-state index contributed by atoms with van der Waals surface area (Å²) in [7, 11) is 0. The van der Waals surface area contributed by atoms with Gasteiger partial charge in [-0.25, -0.2) is 0 Å². The minimum absolute atomic E-state index is 0.0827. The van der Waals surface area contributed by atoms with Gasteiger partial charge in [0.15, 0.2) is 5.84 Å². The summed E-state index contributed by atoms with van der Waals surface area (Å²) in [4.78, 5) is 12.3. The summed E-state index contributed by atoms with van der Waals surface area (Å²) in [5, 5.41) is 14.5. The highest BCUT2D eigenvalue weighted by Crippen LogP contribution is 2.23. The summed E-state index contributed by atoms with van der Waals surface area (Å²) >= 11 is 3.32. The van der Waals surface area contributed by atoms with Crippen molar-refractivity contribution in [1.29, 1.82) is 0 Å². The van der Waals surface area contributed by atoms with Crippen molar-refractivity contribution in [2.45, 2.75) is 13.3 Å². The van der Waals surface area contributed by atoms with Gasteiger partial charge < -0.3 is 20.7 Å². The lowest BCUT2D eigenvalue weighted by atomic mass is 10.1. The third-order valence-corrected chi connectivity index (χ3v) is 3.42. The molecule has 0 spiro atoms. The van der Waals surface area contributed by atoms with Crippen LogP contribution in [-0.2, 0) is 6.42 Å². The molecule has 6 nitrogen and oxygen atoms in total. The van der Waals surface area contributed by atoms with Gasteiger partial charge in [-0.1, -0.05) is 28.0 Å². The maximum atomic E-state index is 12.3. The first-order chi connectivity index (χ1) is 10.1. The van der Waals surface area contributed by atoms with Crippen LogP contribution < -0.4 is 11.1 Å². The highest BCUT2D eigenvalue weighted by atomic mass is 79.9. The molecule has 0 aliphatic heterocycles. The number of amides is 1. The Morgan fingerprint density at radius 3 is 2.86 bits per heavy atom. The maximum Gasteiger partial charge on any atom is 0.259 e. The second-order valence-electron chi connectivity index (χ2n) is 4.24. The molecule has 0 saturated heterocycles. The standard InChI is InChI=1S/C14H14BrN3O3/c1-2-12-10(5-6-21-12)14(19)17-11-7-8(15)3-4-9(11)13(16)18-20/h3-7,20H,2H2,1H3,(H2,16,18)(H,17,19). The Balaban J connectivity index is 2.35. The molecule has 4 N–H and O–H groups in total. The molecular weight excluding hydrogens is 338 g/mol. The van der Waals surface area contributed by atoms with Gasteiger partial charge in [-0.15, -0.1) is 0 Å². The maximum absolute atomic E-state index is 12.3. The van der Waals surface area contributed by atoms with Gasteiger partial charge in [-0.05, 0) is 24.3 Å². The van der Waals surface area contributed by atoms with Gasteiger partial charge in [0.2, 0.25) is 0 Å². The Kier molecular flexibility index (Phi) is 4.64. The number of rotatable bonds is 4. The lowest BCUT2D eigenvalue weighted by Crippen LogP contribution is -2.19. The second kappa shape index (κ2) is 6.45. The first-order valence-electron chi connectivity index (χ1n) is 6.22. The quantitative estimate of drug-likeness (QED) is 0.341. The van der Waals surface area contributed by atoms with E-state index in [1.165, 1.54) is 6.26 Å². The Bertz CT molecular complexity index is 695. The SMILES string of the molecule is CCc1occc1C(=O)Nc1cc(Br)ccc1/C(N)=N/O. The van der Waals surface area contributed by atoms with Crippen molar-refractivity contribution in [1.82, 2.24) is 0 Å². The lowest BCUT2D eigenvalue weighted by molar-refractivity contribution is 0.102. The molecule has 0 fully saturated rings. The van der Waals surface area contributed by atoms with E-state index in [0.717, 1.165) is 4.47 Å². The van der Waals surface area contributed by atoms with Gasteiger partial charge in [-0.3, -0.25) is 4.79 Å². The average molecular weight is 352 g/mol. The highest BCUT2D eigenvalue weighted by Gasteiger charge is 2.16. The molecule has 0 saturated carbocycles. The molecule has 0 unspecified atom stereocenters. The molecule has 2 aromatic rings. The normalized spacial score (nSPS) is 11.4. The van der Waals surface area contributed by atoms with Gasteiger partial charge in [0.25, 0.3) is 5.91 Å². The first-order valence-corrected chi connectivity index (χ1v) is 7.01. The molecule has 2 rings (SSSR count). The molecule has 1 heterocycles. The van der Waals surface area contributed by atoms with Crippen LogP contribution in [0.2, 0.25) is 0 Å². The third kappa shape index (κ3) is 3.25. The van der Waals surface area contributed by atoms with E-state index in [4.69, 9.17) is 15.4 Å². The largest absolute Gasteiger partial charge is 0.469 e. The number of aryl methyl sites for hydroxylation is 1. The molecular formula is C14H14BrN3O3. The summed E-state index contributed by atoms with van der Waals surface area (Å²) in [5.74, 6) is 0.208. The summed E-state index contributed by atoms with van der Waals surface area (Å²) in [6.07, 6.45) is 2.08. The highest BCUT2D eigenvalue weighted by molar-refractivity contribution is 9.10. The number of nitrogens with two attached hydrogens (primary N) is 1. The van der Waals surface area contributed by atoms with Gasteiger partial charge in [0.1, 0.15) is 5.76 Å². The summed E-state index contributed by atoms with van der Waals surface area (Å²) in [5.41, 5.74) is 6.94. The summed E-state index contributed by atoms with van der Waals surface area (Å²) in [6.45, 7) is 1.90. The first kappa shape index (κ1) is 15.1. The Labute approximate surface area is 129 Å². The molecule has 1 aromatic carbocycles. The summed E-state index contributed by atoms with van der Waals surface area (Å²) < 4.78 is 6.00. The van der Waals surface area contributed by atoms with Crippen molar-refractivity contribution >= 4 is 33.4 Å². The number of halogens is 1. The predicted molar refractivity (Wildman–Crippen MR) is 82.7 cm³/mol. The number of carbonyl (C=O) groups is 1. The number of carbonyl (C=O) groups excluding carboxylic acids is 1. The van der Waals surface area contributed by atoms with E-state index in [-0.39, 0.29) is 11.7 Å². The minimum atomic E-state index is -0.314. The Morgan fingerprint density at radius 2 is 2.19 bits per heavy atom. The van der Waals surface area contributed by atoms with E-state index in [1.807, 2.05) is 6.92 Å². The topological polar surface area (TPSA) is 101 Å². The van der Waals surface area contributed by atoms with Crippen LogP contribution in [-0.4, -0.2) is 17.0 Å². The molecule has 21 heavy (non-hydrogen) atoms. The van der Waals surface area contributed by atoms with Crippen LogP contribution in [0.15, 0.2) is 44.6 Å². The van der Waals surface area contributed by atoms with Crippen molar-refractivity contribution in [2.75, 3.05) is 5.32 Å². The van der Waals surface area contributed by atoms with Crippen molar-refractivity contribution in [3.05, 3.63) is 51.9 Å². The predicted octanol–water partition coefficient (Wildman–Crippen LogP) is 2.95. The van der Waals surface area contributed by atoms with E-state index in [1.54, 1.807) is 24.3 Å². The van der Waals surface area contributed by atoms with Crippen LogP contribution in [0.1, 0.15) is 28.6 Å². The zero-order valence-electron chi connectivity index (χ0n) is 11.3. The van der Waals surface area contributed by atoms with Crippen LogP contribution in [0.5, 0.6) is 0 Å². The molecule has 0 aliphatic rings. The molecule has 1 amide bonds. The van der Waals surface area contributed by atoms with Crippen LogP contribution in [0.4, 0.5) is 5.69 Å². The number of hydrogen-bond acceptors (Lipinski definition) is 4. The number of anilines is 1. The van der Waals surface area contributed by atoms with Crippen LogP contribution >= 0.6 is 15.9 Å².